The minimum Gasteiger partial charge on any atom is -0.290 e. The smallest absolute Gasteiger partial charge is 0.178 e. The Hall–Kier alpha value is -3.92. The average molecular weight is 363 g/mol. The van der Waals surface area contributed by atoms with Gasteiger partial charge in [0.25, 0.3) is 0 Å². The summed E-state index contributed by atoms with van der Waals surface area (Å²) in [7, 11) is 0. The topological polar surface area (TPSA) is 55.7 Å². The van der Waals surface area contributed by atoms with Crippen LogP contribution in [0.5, 0.6) is 0 Å². The minimum atomic E-state index is -0.0878. The summed E-state index contributed by atoms with van der Waals surface area (Å²) in [4.78, 5) is 25.2. The molecule has 0 spiro atoms. The van der Waals surface area contributed by atoms with Crippen LogP contribution in [-0.4, -0.2) is 20.7 Å². The largest absolute Gasteiger partial charge is 0.290 e. The predicted molar refractivity (Wildman–Crippen MR) is 112 cm³/mol. The van der Waals surface area contributed by atoms with Gasteiger partial charge in [-0.05, 0) is 48.1 Å². The first-order chi connectivity index (χ1) is 13.8. The molecule has 0 atom stereocenters. The van der Waals surface area contributed by atoms with Crippen molar-refractivity contribution in [1.29, 1.82) is 0 Å². The quantitative estimate of drug-likeness (QED) is 0.469. The molecule has 4 aromatic rings. The molecular formula is C24H17N3O. The van der Waals surface area contributed by atoms with Crippen LogP contribution in [0.2, 0.25) is 0 Å². The first-order valence-corrected chi connectivity index (χ1v) is 8.91. The number of benzene rings is 2. The van der Waals surface area contributed by atoms with E-state index in [4.69, 9.17) is 0 Å². The zero-order chi connectivity index (χ0) is 19.2. The molecule has 4 heteroatoms. The van der Waals surface area contributed by atoms with Gasteiger partial charge in [0, 0.05) is 11.8 Å². The molecule has 28 heavy (non-hydrogen) atoms. The molecule has 2 aromatic carbocycles. The SMILES string of the molecule is O=C(C=Cc1ccc(-c2cnc3ccccc3n2)cc1)C=Cc1ccccn1. The van der Waals surface area contributed by atoms with Crippen molar-refractivity contribution >= 4 is 29.0 Å². The fraction of sp³-hybridized carbons (Fsp3) is 0. The van der Waals surface area contributed by atoms with E-state index in [2.05, 4.69) is 15.0 Å². The van der Waals surface area contributed by atoms with Gasteiger partial charge in [0.2, 0.25) is 0 Å². The molecule has 2 heterocycles. The summed E-state index contributed by atoms with van der Waals surface area (Å²) in [5, 5.41) is 0. The van der Waals surface area contributed by atoms with E-state index in [1.54, 1.807) is 30.6 Å². The van der Waals surface area contributed by atoms with Gasteiger partial charge in [0.05, 0.1) is 28.6 Å². The van der Waals surface area contributed by atoms with Crippen LogP contribution in [0.4, 0.5) is 0 Å². The molecule has 0 aliphatic carbocycles. The molecular weight excluding hydrogens is 346 g/mol. The maximum atomic E-state index is 12.0. The van der Waals surface area contributed by atoms with Gasteiger partial charge in [-0.1, -0.05) is 48.5 Å². The number of carbonyl (C=O) groups is 1. The molecule has 0 fully saturated rings. The van der Waals surface area contributed by atoms with Crippen LogP contribution in [0.1, 0.15) is 11.3 Å². The summed E-state index contributed by atoms with van der Waals surface area (Å²) in [6.45, 7) is 0. The van der Waals surface area contributed by atoms with E-state index in [1.807, 2.05) is 66.7 Å². The molecule has 2 aromatic heterocycles. The Morgan fingerprint density at radius 1 is 0.750 bits per heavy atom. The number of hydrogen-bond donors (Lipinski definition) is 0. The summed E-state index contributed by atoms with van der Waals surface area (Å²) in [5.74, 6) is -0.0878. The van der Waals surface area contributed by atoms with E-state index in [1.165, 1.54) is 6.08 Å². The number of aromatic nitrogens is 3. The average Bonchev–Trinajstić information content (AvgIpc) is 2.77. The molecule has 0 aliphatic rings. The lowest BCUT2D eigenvalue weighted by Gasteiger charge is -2.03. The van der Waals surface area contributed by atoms with Crippen LogP contribution >= 0.6 is 0 Å². The molecule has 0 aliphatic heterocycles. The Morgan fingerprint density at radius 3 is 2.29 bits per heavy atom. The Labute approximate surface area is 162 Å². The van der Waals surface area contributed by atoms with Crippen LogP contribution in [0, 0.1) is 0 Å². The van der Waals surface area contributed by atoms with Gasteiger partial charge in [-0.15, -0.1) is 0 Å². The fourth-order valence-corrected chi connectivity index (χ4v) is 2.74. The Bertz CT molecular complexity index is 1160. The third-order valence-corrected chi connectivity index (χ3v) is 4.20. The monoisotopic (exact) mass is 363 g/mol. The number of nitrogens with zero attached hydrogens (tertiary/aromatic N) is 3. The highest BCUT2D eigenvalue weighted by Gasteiger charge is 2.02. The van der Waals surface area contributed by atoms with Gasteiger partial charge in [-0.2, -0.15) is 0 Å². The molecule has 0 radical (unpaired) electrons. The van der Waals surface area contributed by atoms with E-state index in [0.29, 0.717) is 0 Å². The third kappa shape index (κ3) is 4.24. The number of allylic oxidation sites excluding steroid dienone is 2. The molecule has 0 N–H and O–H groups in total. The Balaban J connectivity index is 1.46. The summed E-state index contributed by atoms with van der Waals surface area (Å²) < 4.78 is 0. The highest BCUT2D eigenvalue weighted by molar-refractivity contribution is 6.04. The lowest BCUT2D eigenvalue weighted by Crippen LogP contribution is -1.88. The number of hydrogen-bond acceptors (Lipinski definition) is 4. The van der Waals surface area contributed by atoms with Crippen molar-refractivity contribution in [2.75, 3.05) is 0 Å². The van der Waals surface area contributed by atoms with Crippen molar-refractivity contribution in [2.24, 2.45) is 0 Å². The van der Waals surface area contributed by atoms with Crippen LogP contribution < -0.4 is 0 Å². The van der Waals surface area contributed by atoms with Crippen LogP contribution in [0.3, 0.4) is 0 Å². The van der Waals surface area contributed by atoms with E-state index >= 15 is 0 Å². The van der Waals surface area contributed by atoms with Crippen molar-refractivity contribution in [3.63, 3.8) is 0 Å². The zero-order valence-electron chi connectivity index (χ0n) is 15.1. The van der Waals surface area contributed by atoms with Crippen molar-refractivity contribution in [2.45, 2.75) is 0 Å². The van der Waals surface area contributed by atoms with E-state index in [0.717, 1.165) is 33.5 Å². The Morgan fingerprint density at radius 2 is 1.50 bits per heavy atom. The Kier molecular flexibility index (Phi) is 5.11. The van der Waals surface area contributed by atoms with Gasteiger partial charge >= 0.3 is 0 Å². The van der Waals surface area contributed by atoms with Gasteiger partial charge in [-0.3, -0.25) is 14.8 Å². The van der Waals surface area contributed by atoms with Crippen LogP contribution in [0.25, 0.3) is 34.4 Å². The van der Waals surface area contributed by atoms with Crippen molar-refractivity contribution in [3.05, 3.63) is 103 Å². The van der Waals surface area contributed by atoms with E-state index < -0.39 is 0 Å². The molecule has 0 unspecified atom stereocenters. The van der Waals surface area contributed by atoms with E-state index in [9.17, 15) is 4.79 Å². The third-order valence-electron chi connectivity index (χ3n) is 4.20. The first kappa shape index (κ1) is 17.5. The molecule has 0 amide bonds. The maximum Gasteiger partial charge on any atom is 0.178 e. The van der Waals surface area contributed by atoms with Crippen molar-refractivity contribution in [3.8, 4) is 11.3 Å². The first-order valence-electron chi connectivity index (χ1n) is 8.91. The minimum absolute atomic E-state index is 0.0878. The molecule has 4 nitrogen and oxygen atoms in total. The summed E-state index contributed by atoms with van der Waals surface area (Å²) in [6, 6.07) is 21.2. The summed E-state index contributed by atoms with van der Waals surface area (Å²) in [5.41, 5.74) is 5.25. The highest BCUT2D eigenvalue weighted by Crippen LogP contribution is 2.20. The number of fused-ring (bicyclic) bond motifs is 1. The summed E-state index contributed by atoms with van der Waals surface area (Å²) in [6.07, 6.45) is 10.0. The van der Waals surface area contributed by atoms with Crippen molar-refractivity contribution in [1.82, 2.24) is 15.0 Å². The van der Waals surface area contributed by atoms with Gasteiger partial charge in [-0.25, -0.2) is 4.98 Å². The number of rotatable bonds is 5. The van der Waals surface area contributed by atoms with Crippen LogP contribution in [0.15, 0.2) is 91.3 Å². The second-order valence-electron chi connectivity index (χ2n) is 6.19. The van der Waals surface area contributed by atoms with Gasteiger partial charge < -0.3 is 0 Å². The van der Waals surface area contributed by atoms with Crippen LogP contribution in [-0.2, 0) is 4.79 Å². The standard InChI is InChI=1S/C24H17N3O/c28-21(15-13-20-5-3-4-16-25-20)14-10-18-8-11-19(12-9-18)24-17-26-22-6-1-2-7-23(22)27-24/h1-17H. The molecule has 134 valence electrons. The molecule has 4 rings (SSSR count). The van der Waals surface area contributed by atoms with Crippen molar-refractivity contribution < 1.29 is 4.79 Å². The molecule has 0 saturated heterocycles. The fourth-order valence-electron chi connectivity index (χ4n) is 2.74. The maximum absolute atomic E-state index is 12.0. The lowest BCUT2D eigenvalue weighted by molar-refractivity contribution is -0.110. The summed E-state index contributed by atoms with van der Waals surface area (Å²) >= 11 is 0. The number of ketones is 1. The normalized spacial score (nSPS) is 11.4. The van der Waals surface area contributed by atoms with Gasteiger partial charge in [0.15, 0.2) is 5.78 Å². The zero-order valence-corrected chi connectivity index (χ0v) is 15.1. The molecule has 0 saturated carbocycles. The number of pyridine rings is 1. The lowest BCUT2D eigenvalue weighted by atomic mass is 10.1. The number of carbonyl (C=O) groups excluding carboxylic acids is 1. The predicted octanol–water partition coefficient (Wildman–Crippen LogP) is 4.99. The highest BCUT2D eigenvalue weighted by atomic mass is 16.1. The molecule has 0 bridgehead atoms. The van der Waals surface area contributed by atoms with Gasteiger partial charge in [0.1, 0.15) is 0 Å². The van der Waals surface area contributed by atoms with E-state index in [-0.39, 0.29) is 5.78 Å². The number of para-hydroxylation sites is 2. The second kappa shape index (κ2) is 8.18. The second-order valence-corrected chi connectivity index (χ2v) is 6.19.